The molecule has 1 atom stereocenters. The van der Waals surface area contributed by atoms with Gasteiger partial charge in [0.25, 0.3) is 0 Å². The zero-order chi connectivity index (χ0) is 12.7. The second kappa shape index (κ2) is 7.00. The summed E-state index contributed by atoms with van der Waals surface area (Å²) in [5, 5.41) is 3.36. The van der Waals surface area contributed by atoms with Crippen LogP contribution in [-0.2, 0) is 9.53 Å². The first-order valence-corrected chi connectivity index (χ1v) is 7.10. The van der Waals surface area contributed by atoms with Crippen molar-refractivity contribution in [2.45, 2.75) is 64.8 Å². The predicted molar refractivity (Wildman–Crippen MR) is 69.9 cm³/mol. The van der Waals surface area contributed by atoms with Crippen LogP contribution in [0.3, 0.4) is 0 Å². The summed E-state index contributed by atoms with van der Waals surface area (Å²) in [5.74, 6) is 0.489. The standard InChI is InChI=1S/C14H27NO2/c1-4-8-14(9-7-10-15-14)13(16)17-11-12(5-2)6-3/h12,15H,4-11H2,1-3H3. The Morgan fingerprint density at radius 3 is 2.53 bits per heavy atom. The normalized spacial score (nSPS) is 24.2. The maximum atomic E-state index is 12.2. The van der Waals surface area contributed by atoms with Crippen molar-refractivity contribution in [3.8, 4) is 0 Å². The molecule has 1 saturated heterocycles. The van der Waals surface area contributed by atoms with Gasteiger partial charge in [0.2, 0.25) is 0 Å². The lowest BCUT2D eigenvalue weighted by Crippen LogP contribution is -2.48. The van der Waals surface area contributed by atoms with E-state index in [1.54, 1.807) is 0 Å². The first kappa shape index (κ1) is 14.5. The molecule has 0 spiro atoms. The van der Waals surface area contributed by atoms with Gasteiger partial charge >= 0.3 is 5.97 Å². The summed E-state index contributed by atoms with van der Waals surface area (Å²) in [5.41, 5.74) is -0.374. The third kappa shape index (κ3) is 3.70. The minimum atomic E-state index is -0.374. The fraction of sp³-hybridized carbons (Fsp3) is 0.929. The van der Waals surface area contributed by atoms with Gasteiger partial charge in [-0.3, -0.25) is 4.79 Å². The number of ether oxygens (including phenoxy) is 1. The van der Waals surface area contributed by atoms with Gasteiger partial charge in [0.05, 0.1) is 6.61 Å². The van der Waals surface area contributed by atoms with Crippen LogP contribution in [0.15, 0.2) is 0 Å². The Morgan fingerprint density at radius 2 is 2.06 bits per heavy atom. The molecule has 100 valence electrons. The van der Waals surface area contributed by atoms with Crippen molar-refractivity contribution in [2.24, 2.45) is 5.92 Å². The summed E-state index contributed by atoms with van der Waals surface area (Å²) in [4.78, 5) is 12.2. The molecule has 1 unspecified atom stereocenters. The molecular weight excluding hydrogens is 214 g/mol. The number of carbonyl (C=O) groups is 1. The van der Waals surface area contributed by atoms with Gasteiger partial charge in [-0.1, -0.05) is 40.0 Å². The zero-order valence-electron chi connectivity index (χ0n) is 11.6. The van der Waals surface area contributed by atoms with Crippen LogP contribution in [0.5, 0.6) is 0 Å². The van der Waals surface area contributed by atoms with Crippen LogP contribution in [0, 0.1) is 5.92 Å². The monoisotopic (exact) mass is 241 g/mol. The fourth-order valence-electron chi connectivity index (χ4n) is 2.58. The molecule has 1 N–H and O–H groups in total. The molecule has 0 aliphatic carbocycles. The van der Waals surface area contributed by atoms with E-state index in [0.29, 0.717) is 12.5 Å². The van der Waals surface area contributed by atoms with Crippen LogP contribution in [0.1, 0.15) is 59.3 Å². The van der Waals surface area contributed by atoms with Crippen LogP contribution in [0.25, 0.3) is 0 Å². The van der Waals surface area contributed by atoms with E-state index in [4.69, 9.17) is 4.74 Å². The highest BCUT2D eigenvalue weighted by Crippen LogP contribution is 2.26. The SMILES string of the molecule is CCCC1(C(=O)OCC(CC)CC)CCCN1. The summed E-state index contributed by atoms with van der Waals surface area (Å²) in [6.45, 7) is 7.95. The summed E-state index contributed by atoms with van der Waals surface area (Å²) in [6.07, 6.45) is 6.10. The van der Waals surface area contributed by atoms with Crippen molar-refractivity contribution in [3.05, 3.63) is 0 Å². The maximum Gasteiger partial charge on any atom is 0.326 e. The van der Waals surface area contributed by atoms with Gasteiger partial charge in [0.1, 0.15) is 5.54 Å². The van der Waals surface area contributed by atoms with Gasteiger partial charge in [-0.05, 0) is 31.7 Å². The summed E-state index contributed by atoms with van der Waals surface area (Å²) in [6, 6.07) is 0. The van der Waals surface area contributed by atoms with Crippen LogP contribution < -0.4 is 5.32 Å². The molecule has 17 heavy (non-hydrogen) atoms. The Kier molecular flexibility index (Phi) is 5.96. The van der Waals surface area contributed by atoms with Crippen LogP contribution in [-0.4, -0.2) is 24.7 Å². The van der Waals surface area contributed by atoms with Crippen molar-refractivity contribution in [3.63, 3.8) is 0 Å². The van der Waals surface area contributed by atoms with E-state index >= 15 is 0 Å². The molecule has 1 aliphatic rings. The maximum absolute atomic E-state index is 12.2. The van der Waals surface area contributed by atoms with Crippen molar-refractivity contribution >= 4 is 5.97 Å². The van der Waals surface area contributed by atoms with Crippen LogP contribution >= 0.6 is 0 Å². The number of rotatable bonds is 7. The minimum Gasteiger partial charge on any atom is -0.464 e. The molecular formula is C14H27NO2. The van der Waals surface area contributed by atoms with Crippen LogP contribution in [0.4, 0.5) is 0 Å². The third-order valence-corrected chi connectivity index (χ3v) is 3.92. The number of hydrogen-bond donors (Lipinski definition) is 1. The lowest BCUT2D eigenvalue weighted by atomic mass is 9.92. The molecule has 0 aromatic rings. The summed E-state index contributed by atoms with van der Waals surface area (Å²) < 4.78 is 5.52. The van der Waals surface area contributed by atoms with Gasteiger partial charge in [0.15, 0.2) is 0 Å². The number of nitrogens with one attached hydrogen (secondary N) is 1. The van der Waals surface area contributed by atoms with E-state index in [2.05, 4.69) is 26.1 Å². The third-order valence-electron chi connectivity index (χ3n) is 3.92. The highest BCUT2D eigenvalue weighted by atomic mass is 16.5. The highest BCUT2D eigenvalue weighted by Gasteiger charge is 2.41. The Bertz CT molecular complexity index is 230. The van der Waals surface area contributed by atoms with Crippen molar-refractivity contribution < 1.29 is 9.53 Å². The molecule has 0 bridgehead atoms. The second-order valence-corrected chi connectivity index (χ2v) is 5.14. The molecule has 0 radical (unpaired) electrons. The molecule has 1 fully saturated rings. The van der Waals surface area contributed by atoms with Crippen molar-refractivity contribution in [2.75, 3.05) is 13.2 Å². The van der Waals surface area contributed by atoms with Gasteiger partial charge < -0.3 is 10.1 Å². The van der Waals surface area contributed by atoms with E-state index < -0.39 is 0 Å². The average Bonchev–Trinajstić information content (AvgIpc) is 2.80. The molecule has 0 saturated carbocycles. The topological polar surface area (TPSA) is 38.3 Å². The first-order valence-electron chi connectivity index (χ1n) is 7.10. The molecule has 0 aromatic carbocycles. The predicted octanol–water partition coefficient (Wildman–Crippen LogP) is 2.89. The van der Waals surface area contributed by atoms with E-state index in [0.717, 1.165) is 45.1 Å². The molecule has 1 aliphatic heterocycles. The quantitative estimate of drug-likeness (QED) is 0.697. The molecule has 0 aromatic heterocycles. The Balaban J connectivity index is 2.48. The number of carbonyl (C=O) groups excluding carboxylic acids is 1. The highest BCUT2D eigenvalue weighted by molar-refractivity contribution is 5.81. The Hall–Kier alpha value is -0.570. The Labute approximate surface area is 105 Å². The van der Waals surface area contributed by atoms with Gasteiger partial charge in [-0.2, -0.15) is 0 Å². The zero-order valence-corrected chi connectivity index (χ0v) is 11.6. The number of esters is 1. The summed E-state index contributed by atoms with van der Waals surface area (Å²) >= 11 is 0. The molecule has 1 heterocycles. The van der Waals surface area contributed by atoms with Gasteiger partial charge in [-0.15, -0.1) is 0 Å². The summed E-state index contributed by atoms with van der Waals surface area (Å²) in [7, 11) is 0. The largest absolute Gasteiger partial charge is 0.464 e. The lowest BCUT2D eigenvalue weighted by Gasteiger charge is -2.27. The van der Waals surface area contributed by atoms with Crippen molar-refractivity contribution in [1.82, 2.24) is 5.32 Å². The average molecular weight is 241 g/mol. The fourth-order valence-corrected chi connectivity index (χ4v) is 2.58. The first-order chi connectivity index (χ1) is 8.18. The Morgan fingerprint density at radius 1 is 1.35 bits per heavy atom. The second-order valence-electron chi connectivity index (χ2n) is 5.14. The van der Waals surface area contributed by atoms with Gasteiger partial charge in [0, 0.05) is 0 Å². The smallest absolute Gasteiger partial charge is 0.326 e. The van der Waals surface area contributed by atoms with Gasteiger partial charge in [-0.25, -0.2) is 0 Å². The number of hydrogen-bond acceptors (Lipinski definition) is 3. The molecule has 0 amide bonds. The lowest BCUT2D eigenvalue weighted by molar-refractivity contribution is -0.153. The van der Waals surface area contributed by atoms with E-state index in [1.165, 1.54) is 0 Å². The van der Waals surface area contributed by atoms with Crippen LogP contribution in [0.2, 0.25) is 0 Å². The molecule has 3 nitrogen and oxygen atoms in total. The molecule has 3 heteroatoms. The van der Waals surface area contributed by atoms with E-state index in [1.807, 2.05) is 0 Å². The van der Waals surface area contributed by atoms with E-state index in [-0.39, 0.29) is 11.5 Å². The molecule has 1 rings (SSSR count). The van der Waals surface area contributed by atoms with Crippen molar-refractivity contribution in [1.29, 1.82) is 0 Å². The minimum absolute atomic E-state index is 0.0243. The van der Waals surface area contributed by atoms with E-state index in [9.17, 15) is 4.79 Å².